The minimum Gasteiger partial charge on any atom is -0.478 e. The van der Waals surface area contributed by atoms with Crippen molar-refractivity contribution in [2.24, 2.45) is 5.14 Å². The lowest BCUT2D eigenvalue weighted by atomic mass is 10.1. The number of primary sulfonamides is 1. The molecule has 0 unspecified atom stereocenters. The lowest BCUT2D eigenvalue weighted by Crippen LogP contribution is -2.12. The van der Waals surface area contributed by atoms with Crippen LogP contribution in [0, 0.1) is 0 Å². The molecule has 2 aromatic carbocycles. The molecular weight excluding hydrogens is 292 g/mol. The fraction of sp³-hybridized carbons (Fsp3) is 0.0714. The van der Waals surface area contributed by atoms with Crippen molar-refractivity contribution in [2.45, 2.75) is 11.4 Å². The van der Waals surface area contributed by atoms with Gasteiger partial charge in [0.15, 0.2) is 0 Å². The van der Waals surface area contributed by atoms with Crippen LogP contribution in [0.15, 0.2) is 53.4 Å². The van der Waals surface area contributed by atoms with Crippen molar-refractivity contribution in [2.75, 3.05) is 5.32 Å². The van der Waals surface area contributed by atoms with Crippen LogP contribution >= 0.6 is 0 Å². The summed E-state index contributed by atoms with van der Waals surface area (Å²) in [6.07, 6.45) is 0. The minimum absolute atomic E-state index is 0.0425. The second-order valence-electron chi connectivity index (χ2n) is 4.43. The molecule has 0 amide bonds. The van der Waals surface area contributed by atoms with Crippen LogP contribution in [0.2, 0.25) is 0 Å². The minimum atomic E-state index is -3.69. The number of aromatic carboxylic acids is 1. The van der Waals surface area contributed by atoms with Crippen LogP contribution in [0.4, 0.5) is 5.69 Å². The molecule has 0 aromatic heterocycles. The Hall–Kier alpha value is -2.38. The normalized spacial score (nSPS) is 11.1. The van der Waals surface area contributed by atoms with Crippen LogP contribution in [0.3, 0.4) is 0 Å². The molecule has 110 valence electrons. The molecule has 0 fully saturated rings. The zero-order valence-corrected chi connectivity index (χ0v) is 11.8. The van der Waals surface area contributed by atoms with Gasteiger partial charge >= 0.3 is 5.97 Å². The molecule has 0 bridgehead atoms. The van der Waals surface area contributed by atoms with E-state index in [-0.39, 0.29) is 10.5 Å². The number of nitrogens with one attached hydrogen (secondary N) is 1. The summed E-state index contributed by atoms with van der Waals surface area (Å²) in [6.45, 7) is 0.426. The highest BCUT2D eigenvalue weighted by molar-refractivity contribution is 7.89. The Labute approximate surface area is 122 Å². The average Bonchev–Trinajstić information content (AvgIpc) is 2.45. The van der Waals surface area contributed by atoms with Gasteiger partial charge in [0.05, 0.1) is 10.5 Å². The van der Waals surface area contributed by atoms with Gasteiger partial charge in [-0.1, -0.05) is 12.1 Å². The monoisotopic (exact) mass is 306 g/mol. The number of hydrogen-bond acceptors (Lipinski definition) is 4. The number of anilines is 1. The first-order valence-corrected chi connectivity index (χ1v) is 7.60. The summed E-state index contributed by atoms with van der Waals surface area (Å²) in [5.41, 5.74) is 1.74. The van der Waals surface area contributed by atoms with E-state index in [1.165, 1.54) is 18.2 Å². The quantitative estimate of drug-likeness (QED) is 0.778. The zero-order chi connectivity index (χ0) is 15.5. The number of sulfonamides is 1. The van der Waals surface area contributed by atoms with E-state index in [2.05, 4.69) is 5.32 Å². The van der Waals surface area contributed by atoms with Crippen molar-refractivity contribution in [1.29, 1.82) is 0 Å². The summed E-state index contributed by atoms with van der Waals surface area (Å²) in [7, 11) is -3.69. The van der Waals surface area contributed by atoms with Gasteiger partial charge in [-0.3, -0.25) is 0 Å². The predicted octanol–water partition coefficient (Wildman–Crippen LogP) is 1.64. The summed E-state index contributed by atoms with van der Waals surface area (Å²) >= 11 is 0. The first-order valence-electron chi connectivity index (χ1n) is 6.05. The van der Waals surface area contributed by atoms with Crippen molar-refractivity contribution in [3.8, 4) is 0 Å². The Kier molecular flexibility index (Phi) is 4.25. The third kappa shape index (κ3) is 4.04. The van der Waals surface area contributed by atoms with E-state index in [4.69, 9.17) is 10.2 Å². The molecule has 2 aromatic rings. The van der Waals surface area contributed by atoms with E-state index in [0.29, 0.717) is 12.2 Å². The molecule has 0 saturated carbocycles. The van der Waals surface area contributed by atoms with Crippen molar-refractivity contribution >= 4 is 21.7 Å². The lowest BCUT2D eigenvalue weighted by molar-refractivity contribution is 0.0696. The molecule has 7 heteroatoms. The van der Waals surface area contributed by atoms with Gasteiger partial charge in [0.2, 0.25) is 10.0 Å². The molecule has 6 nitrogen and oxygen atoms in total. The molecule has 0 aliphatic heterocycles. The standard InChI is InChI=1S/C14H14N2O4S/c15-21(19,20)13-6-4-12(5-7-13)16-9-10-2-1-3-11(8-10)14(17)18/h1-8,16H,9H2,(H,17,18)(H2,15,19,20). The third-order valence-electron chi connectivity index (χ3n) is 2.85. The van der Waals surface area contributed by atoms with Crippen LogP contribution in [0.1, 0.15) is 15.9 Å². The van der Waals surface area contributed by atoms with Crippen LogP contribution in [-0.4, -0.2) is 19.5 Å². The molecule has 0 saturated heterocycles. The number of carboxylic acid groups (broad SMARTS) is 1. The second kappa shape index (κ2) is 5.94. The maximum atomic E-state index is 11.1. The maximum Gasteiger partial charge on any atom is 0.335 e. The number of benzene rings is 2. The van der Waals surface area contributed by atoms with Gasteiger partial charge in [0, 0.05) is 12.2 Å². The Morgan fingerprint density at radius 1 is 1.14 bits per heavy atom. The van der Waals surface area contributed by atoms with Crippen molar-refractivity contribution < 1.29 is 18.3 Å². The molecular formula is C14H14N2O4S. The number of carbonyl (C=O) groups is 1. The van der Waals surface area contributed by atoms with E-state index in [1.54, 1.807) is 30.3 Å². The first-order chi connectivity index (χ1) is 9.86. The Morgan fingerprint density at radius 2 is 1.81 bits per heavy atom. The highest BCUT2D eigenvalue weighted by atomic mass is 32.2. The Morgan fingerprint density at radius 3 is 2.38 bits per heavy atom. The van der Waals surface area contributed by atoms with Gasteiger partial charge in [0.25, 0.3) is 0 Å². The van der Waals surface area contributed by atoms with Gasteiger partial charge in [0.1, 0.15) is 0 Å². The van der Waals surface area contributed by atoms with Gasteiger partial charge in [-0.05, 0) is 42.0 Å². The van der Waals surface area contributed by atoms with Gasteiger partial charge in [-0.25, -0.2) is 18.4 Å². The Balaban J connectivity index is 2.06. The average molecular weight is 306 g/mol. The third-order valence-corrected chi connectivity index (χ3v) is 3.78. The summed E-state index contributed by atoms with van der Waals surface area (Å²) in [5, 5.41) is 17.0. The van der Waals surface area contributed by atoms with Crippen LogP contribution in [0.25, 0.3) is 0 Å². The molecule has 2 rings (SSSR count). The maximum absolute atomic E-state index is 11.1. The summed E-state index contributed by atoms with van der Waals surface area (Å²) in [4.78, 5) is 10.9. The largest absolute Gasteiger partial charge is 0.478 e. The molecule has 4 N–H and O–H groups in total. The molecule has 0 aliphatic carbocycles. The lowest BCUT2D eigenvalue weighted by Gasteiger charge is -2.08. The van der Waals surface area contributed by atoms with Crippen molar-refractivity contribution in [3.05, 3.63) is 59.7 Å². The smallest absolute Gasteiger partial charge is 0.335 e. The van der Waals surface area contributed by atoms with Gasteiger partial charge < -0.3 is 10.4 Å². The number of hydrogen-bond donors (Lipinski definition) is 3. The van der Waals surface area contributed by atoms with E-state index >= 15 is 0 Å². The summed E-state index contributed by atoms with van der Waals surface area (Å²) in [5.74, 6) is -0.977. The summed E-state index contributed by atoms with van der Waals surface area (Å²) < 4.78 is 22.3. The SMILES string of the molecule is NS(=O)(=O)c1ccc(NCc2cccc(C(=O)O)c2)cc1. The van der Waals surface area contributed by atoms with Crippen molar-refractivity contribution in [1.82, 2.24) is 0 Å². The van der Waals surface area contributed by atoms with Crippen LogP contribution in [0.5, 0.6) is 0 Å². The zero-order valence-electron chi connectivity index (χ0n) is 11.0. The number of carboxylic acids is 1. The van der Waals surface area contributed by atoms with E-state index in [9.17, 15) is 13.2 Å². The van der Waals surface area contributed by atoms with Crippen LogP contribution < -0.4 is 10.5 Å². The van der Waals surface area contributed by atoms with E-state index in [1.807, 2.05) is 0 Å². The van der Waals surface area contributed by atoms with Crippen molar-refractivity contribution in [3.63, 3.8) is 0 Å². The first kappa shape index (κ1) is 15.0. The molecule has 0 aliphatic rings. The molecule has 0 radical (unpaired) electrons. The molecule has 0 heterocycles. The highest BCUT2D eigenvalue weighted by Crippen LogP contribution is 2.14. The van der Waals surface area contributed by atoms with E-state index < -0.39 is 16.0 Å². The Bertz CT molecular complexity index is 755. The molecule has 21 heavy (non-hydrogen) atoms. The fourth-order valence-corrected chi connectivity index (χ4v) is 2.30. The fourth-order valence-electron chi connectivity index (χ4n) is 1.78. The highest BCUT2D eigenvalue weighted by Gasteiger charge is 2.07. The predicted molar refractivity (Wildman–Crippen MR) is 78.5 cm³/mol. The van der Waals surface area contributed by atoms with Crippen LogP contribution in [-0.2, 0) is 16.6 Å². The topological polar surface area (TPSA) is 109 Å². The number of nitrogens with two attached hydrogens (primary N) is 1. The summed E-state index contributed by atoms with van der Waals surface area (Å²) in [6, 6.07) is 12.6. The van der Waals surface area contributed by atoms with E-state index in [0.717, 1.165) is 5.56 Å². The van der Waals surface area contributed by atoms with Gasteiger partial charge in [-0.2, -0.15) is 0 Å². The second-order valence-corrected chi connectivity index (χ2v) is 5.99. The molecule has 0 atom stereocenters. The number of rotatable bonds is 5. The molecule has 0 spiro atoms. The van der Waals surface area contributed by atoms with Gasteiger partial charge in [-0.15, -0.1) is 0 Å².